The van der Waals surface area contributed by atoms with Gasteiger partial charge in [-0.3, -0.25) is 9.59 Å². The maximum atomic E-state index is 13.1. The smallest absolute Gasteiger partial charge is 0.249 e. The standard InChI is InChI=1S/C22H27N3O2.ClH/c1-3-24(21(26)16(2)20(23)17-10-6-4-7-11-17)19-14-15-25(22(19)27)18-12-8-5-9-13-18;/h4-13,16,19-20H,3,14-15,23H2,1-2H3;1H. The van der Waals surface area contributed by atoms with Gasteiger partial charge in [0.05, 0.1) is 5.92 Å². The number of anilines is 1. The first kappa shape index (κ1) is 21.9. The van der Waals surface area contributed by atoms with Crippen LogP contribution >= 0.6 is 12.4 Å². The van der Waals surface area contributed by atoms with Gasteiger partial charge in [-0.15, -0.1) is 12.4 Å². The molecule has 150 valence electrons. The summed E-state index contributed by atoms with van der Waals surface area (Å²) in [6, 6.07) is 18.4. The molecule has 5 nitrogen and oxygen atoms in total. The highest BCUT2D eigenvalue weighted by atomic mass is 35.5. The van der Waals surface area contributed by atoms with Crippen LogP contribution in [-0.4, -0.2) is 35.8 Å². The molecule has 3 unspecified atom stereocenters. The molecule has 3 rings (SSSR count). The lowest BCUT2D eigenvalue weighted by Gasteiger charge is -2.31. The number of likely N-dealkylation sites (N-methyl/N-ethyl adjacent to an activating group) is 1. The van der Waals surface area contributed by atoms with E-state index in [4.69, 9.17) is 5.73 Å². The number of nitrogens with zero attached hydrogens (tertiary/aromatic N) is 2. The Balaban J connectivity index is 0.00000280. The molecule has 0 spiro atoms. The van der Waals surface area contributed by atoms with Gasteiger partial charge in [0.2, 0.25) is 11.8 Å². The Bertz CT molecular complexity index is 785. The van der Waals surface area contributed by atoms with Crippen LogP contribution in [-0.2, 0) is 9.59 Å². The second-order valence-electron chi connectivity index (χ2n) is 6.98. The zero-order valence-electron chi connectivity index (χ0n) is 16.3. The summed E-state index contributed by atoms with van der Waals surface area (Å²) in [6.45, 7) is 4.87. The topological polar surface area (TPSA) is 66.6 Å². The van der Waals surface area contributed by atoms with Crippen LogP contribution in [0.3, 0.4) is 0 Å². The maximum absolute atomic E-state index is 13.1. The molecule has 1 saturated heterocycles. The summed E-state index contributed by atoms with van der Waals surface area (Å²) < 4.78 is 0. The molecule has 1 fully saturated rings. The fourth-order valence-electron chi connectivity index (χ4n) is 3.73. The van der Waals surface area contributed by atoms with Crippen molar-refractivity contribution in [2.45, 2.75) is 32.4 Å². The van der Waals surface area contributed by atoms with E-state index in [1.807, 2.05) is 74.5 Å². The molecule has 3 atom stereocenters. The SMILES string of the molecule is CCN(C(=O)C(C)C(N)c1ccccc1)C1CCN(c2ccccc2)C1=O.Cl. The van der Waals surface area contributed by atoms with Crippen LogP contribution in [0.4, 0.5) is 5.69 Å². The Morgan fingerprint density at radius 3 is 2.29 bits per heavy atom. The van der Waals surface area contributed by atoms with Crippen molar-refractivity contribution in [1.29, 1.82) is 0 Å². The van der Waals surface area contributed by atoms with Gasteiger partial charge in [-0.2, -0.15) is 0 Å². The van der Waals surface area contributed by atoms with E-state index in [1.165, 1.54) is 0 Å². The number of hydrogen-bond acceptors (Lipinski definition) is 3. The monoisotopic (exact) mass is 401 g/mol. The summed E-state index contributed by atoms with van der Waals surface area (Å²) in [4.78, 5) is 29.6. The van der Waals surface area contributed by atoms with Crippen molar-refractivity contribution in [3.63, 3.8) is 0 Å². The molecule has 1 aliphatic heterocycles. The van der Waals surface area contributed by atoms with Crippen LogP contribution in [0.25, 0.3) is 0 Å². The van der Waals surface area contributed by atoms with Gasteiger partial charge in [0.25, 0.3) is 0 Å². The fraction of sp³-hybridized carbons (Fsp3) is 0.364. The molecule has 2 aromatic carbocycles. The molecular weight excluding hydrogens is 374 g/mol. The molecule has 2 N–H and O–H groups in total. The average Bonchev–Trinajstić information content (AvgIpc) is 3.10. The van der Waals surface area contributed by atoms with E-state index in [1.54, 1.807) is 9.80 Å². The Morgan fingerprint density at radius 2 is 1.71 bits per heavy atom. The molecule has 1 aliphatic rings. The van der Waals surface area contributed by atoms with Gasteiger partial charge in [0, 0.05) is 24.8 Å². The van der Waals surface area contributed by atoms with E-state index in [0.717, 1.165) is 11.3 Å². The van der Waals surface area contributed by atoms with E-state index < -0.39 is 18.0 Å². The Kier molecular flexibility index (Phi) is 7.61. The summed E-state index contributed by atoms with van der Waals surface area (Å²) in [6.07, 6.45) is 0.639. The summed E-state index contributed by atoms with van der Waals surface area (Å²) >= 11 is 0. The molecule has 28 heavy (non-hydrogen) atoms. The van der Waals surface area contributed by atoms with Gasteiger partial charge in [-0.1, -0.05) is 55.5 Å². The number of para-hydroxylation sites is 1. The minimum Gasteiger partial charge on any atom is -0.331 e. The van der Waals surface area contributed by atoms with Crippen molar-refractivity contribution < 1.29 is 9.59 Å². The van der Waals surface area contributed by atoms with Crippen LogP contribution in [0.2, 0.25) is 0 Å². The molecule has 0 radical (unpaired) electrons. The second-order valence-corrected chi connectivity index (χ2v) is 6.98. The zero-order chi connectivity index (χ0) is 19.4. The van der Waals surface area contributed by atoms with Crippen molar-refractivity contribution in [3.8, 4) is 0 Å². The van der Waals surface area contributed by atoms with Crippen LogP contribution in [0.15, 0.2) is 60.7 Å². The molecule has 2 amide bonds. The number of carbonyl (C=O) groups excluding carboxylic acids is 2. The molecule has 0 bridgehead atoms. The number of carbonyl (C=O) groups is 2. The summed E-state index contributed by atoms with van der Waals surface area (Å²) in [5.74, 6) is -0.482. The van der Waals surface area contributed by atoms with Gasteiger partial charge >= 0.3 is 0 Å². The molecular formula is C22H28ClN3O2. The Morgan fingerprint density at radius 1 is 1.14 bits per heavy atom. The first-order valence-electron chi connectivity index (χ1n) is 9.52. The first-order chi connectivity index (χ1) is 13.0. The van der Waals surface area contributed by atoms with E-state index in [2.05, 4.69) is 0 Å². The number of rotatable bonds is 6. The molecule has 0 saturated carbocycles. The Hall–Kier alpha value is -2.37. The van der Waals surface area contributed by atoms with Gasteiger partial charge < -0.3 is 15.5 Å². The molecule has 0 aliphatic carbocycles. The van der Waals surface area contributed by atoms with E-state index >= 15 is 0 Å². The number of hydrogen-bond donors (Lipinski definition) is 1. The summed E-state index contributed by atoms with van der Waals surface area (Å²) in [5.41, 5.74) is 8.15. The van der Waals surface area contributed by atoms with Crippen LogP contribution < -0.4 is 10.6 Å². The van der Waals surface area contributed by atoms with Gasteiger partial charge in [0.15, 0.2) is 0 Å². The number of benzene rings is 2. The fourth-order valence-corrected chi connectivity index (χ4v) is 3.73. The highest BCUT2D eigenvalue weighted by molar-refractivity contribution is 6.01. The Labute approximate surface area is 172 Å². The minimum atomic E-state index is -0.423. The molecule has 6 heteroatoms. The van der Waals surface area contributed by atoms with Crippen LogP contribution in [0, 0.1) is 5.92 Å². The number of amides is 2. The highest BCUT2D eigenvalue weighted by Crippen LogP contribution is 2.27. The minimum absolute atomic E-state index is 0. The third kappa shape index (κ3) is 4.37. The highest BCUT2D eigenvalue weighted by Gasteiger charge is 2.40. The summed E-state index contributed by atoms with van der Waals surface area (Å²) in [7, 11) is 0. The van der Waals surface area contributed by atoms with E-state index in [0.29, 0.717) is 19.5 Å². The average molecular weight is 402 g/mol. The van der Waals surface area contributed by atoms with Crippen molar-refractivity contribution in [2.24, 2.45) is 11.7 Å². The van der Waals surface area contributed by atoms with Crippen molar-refractivity contribution in [2.75, 3.05) is 18.0 Å². The lowest BCUT2D eigenvalue weighted by Crippen LogP contribution is -2.48. The van der Waals surface area contributed by atoms with E-state index in [9.17, 15) is 9.59 Å². The lowest BCUT2D eigenvalue weighted by molar-refractivity contribution is -0.141. The predicted molar refractivity (Wildman–Crippen MR) is 114 cm³/mol. The van der Waals surface area contributed by atoms with E-state index in [-0.39, 0.29) is 24.2 Å². The normalized spacial score (nSPS) is 18.3. The van der Waals surface area contributed by atoms with Crippen LogP contribution in [0.1, 0.15) is 31.9 Å². The quantitative estimate of drug-likeness (QED) is 0.806. The molecule has 0 aromatic heterocycles. The van der Waals surface area contributed by atoms with Gasteiger partial charge in [0.1, 0.15) is 6.04 Å². The number of nitrogens with two attached hydrogens (primary N) is 1. The second kappa shape index (κ2) is 9.71. The van der Waals surface area contributed by atoms with Gasteiger partial charge in [-0.25, -0.2) is 0 Å². The molecule has 1 heterocycles. The number of halogens is 1. The predicted octanol–water partition coefficient (Wildman–Crippen LogP) is 3.40. The van der Waals surface area contributed by atoms with Crippen molar-refractivity contribution >= 4 is 29.9 Å². The first-order valence-corrected chi connectivity index (χ1v) is 9.52. The largest absolute Gasteiger partial charge is 0.331 e. The summed E-state index contributed by atoms with van der Waals surface area (Å²) in [5, 5.41) is 0. The van der Waals surface area contributed by atoms with Crippen molar-refractivity contribution in [1.82, 2.24) is 4.90 Å². The third-order valence-corrected chi connectivity index (χ3v) is 5.36. The van der Waals surface area contributed by atoms with Crippen molar-refractivity contribution in [3.05, 3.63) is 66.2 Å². The molecule has 2 aromatic rings. The lowest BCUT2D eigenvalue weighted by atomic mass is 9.93. The maximum Gasteiger partial charge on any atom is 0.249 e. The third-order valence-electron chi connectivity index (χ3n) is 5.36. The van der Waals surface area contributed by atoms with Gasteiger partial charge in [-0.05, 0) is 31.0 Å². The van der Waals surface area contributed by atoms with Crippen LogP contribution in [0.5, 0.6) is 0 Å². The zero-order valence-corrected chi connectivity index (χ0v) is 17.1.